The molecule has 6 rings (SSSR count). The van der Waals surface area contributed by atoms with Crippen molar-refractivity contribution in [1.82, 2.24) is 19.3 Å². The summed E-state index contributed by atoms with van der Waals surface area (Å²) in [5.74, 6) is -3.30. The summed E-state index contributed by atoms with van der Waals surface area (Å²) < 4.78 is 81.5. The predicted molar refractivity (Wildman–Crippen MR) is 175 cm³/mol. The minimum absolute atomic E-state index is 0.0260. The normalized spacial score (nSPS) is 17.0. The molecular weight excluding hydrogens is 645 g/mol. The minimum Gasteiger partial charge on any atom is -0.381 e. The van der Waals surface area contributed by atoms with Gasteiger partial charge >= 0.3 is 6.18 Å². The number of ether oxygens (including phenoxy) is 1. The second-order valence-corrected chi connectivity index (χ2v) is 12.2. The van der Waals surface area contributed by atoms with E-state index in [1.165, 1.54) is 47.0 Å². The van der Waals surface area contributed by atoms with Gasteiger partial charge in [-0.2, -0.15) is 13.2 Å². The number of imidazole rings is 1. The van der Waals surface area contributed by atoms with Crippen LogP contribution in [0.25, 0.3) is 27.7 Å². The van der Waals surface area contributed by atoms with Crippen molar-refractivity contribution < 1.29 is 36.3 Å². The molecule has 1 fully saturated rings. The van der Waals surface area contributed by atoms with E-state index in [0.29, 0.717) is 29.4 Å². The maximum absolute atomic E-state index is 15.1. The second-order valence-electron chi connectivity index (χ2n) is 12.2. The molecule has 0 spiro atoms. The van der Waals surface area contributed by atoms with Gasteiger partial charge in [0.25, 0.3) is 0 Å². The Kier molecular flexibility index (Phi) is 9.41. The molecule has 1 aliphatic rings. The van der Waals surface area contributed by atoms with E-state index >= 15 is 8.78 Å². The fourth-order valence-electron chi connectivity index (χ4n) is 6.41. The number of aryl methyl sites for hydroxylation is 2. The first-order valence-corrected chi connectivity index (χ1v) is 15.8. The lowest BCUT2D eigenvalue weighted by molar-refractivity contribution is -0.137. The smallest absolute Gasteiger partial charge is 0.381 e. The second kappa shape index (κ2) is 13.6. The van der Waals surface area contributed by atoms with E-state index in [1.54, 1.807) is 31.7 Å². The van der Waals surface area contributed by atoms with E-state index in [0.717, 1.165) is 43.9 Å². The third kappa shape index (κ3) is 6.86. The Hall–Kier alpha value is -4.88. The van der Waals surface area contributed by atoms with Gasteiger partial charge in [-0.15, -0.1) is 0 Å². The topological polar surface area (TPSA) is 89.7 Å². The van der Waals surface area contributed by atoms with Crippen molar-refractivity contribution in [3.63, 3.8) is 0 Å². The summed E-state index contributed by atoms with van der Waals surface area (Å²) in [5, 5.41) is 5.51. The molecule has 0 unspecified atom stereocenters. The number of aromatic nitrogens is 3. The van der Waals surface area contributed by atoms with Crippen molar-refractivity contribution >= 4 is 33.9 Å². The molecule has 1 saturated carbocycles. The number of nitrogens with one attached hydrogen (secondary N) is 2. The van der Waals surface area contributed by atoms with Crippen LogP contribution >= 0.6 is 0 Å². The molecule has 1 amide bonds. The number of anilines is 1. The Balaban J connectivity index is 1.22. The van der Waals surface area contributed by atoms with Crippen molar-refractivity contribution in [3.05, 3.63) is 101 Å². The van der Waals surface area contributed by atoms with Gasteiger partial charge in [0.1, 0.15) is 23.1 Å². The molecule has 2 aromatic carbocycles. The summed E-state index contributed by atoms with van der Waals surface area (Å²) in [4.78, 5) is 30.3. The molecule has 0 atom stereocenters. The summed E-state index contributed by atoms with van der Waals surface area (Å²) in [7, 11) is 3.33. The van der Waals surface area contributed by atoms with Crippen molar-refractivity contribution in [2.24, 2.45) is 7.05 Å². The average molecular weight is 680 g/mol. The molecule has 8 nitrogen and oxygen atoms in total. The highest BCUT2D eigenvalue weighted by atomic mass is 19.4. The van der Waals surface area contributed by atoms with Crippen LogP contribution in [0.5, 0.6) is 0 Å². The molecule has 0 radical (unpaired) electrons. The molecule has 0 bridgehead atoms. The summed E-state index contributed by atoms with van der Waals surface area (Å²) in [6.45, 7) is 2.09. The van der Waals surface area contributed by atoms with E-state index in [4.69, 9.17) is 4.74 Å². The van der Waals surface area contributed by atoms with Crippen molar-refractivity contribution in [2.45, 2.75) is 50.9 Å². The molecule has 3 aromatic heterocycles. The Morgan fingerprint density at radius 2 is 1.71 bits per heavy atom. The van der Waals surface area contributed by atoms with Crippen LogP contribution in [-0.2, 0) is 22.8 Å². The summed E-state index contributed by atoms with van der Waals surface area (Å²) in [6, 6.07) is 10.2. The van der Waals surface area contributed by atoms with Gasteiger partial charge in [0.2, 0.25) is 11.7 Å². The molecule has 49 heavy (non-hydrogen) atoms. The number of carbonyl (C=O) groups excluding carboxylic acids is 2. The lowest BCUT2D eigenvalue weighted by Crippen LogP contribution is -2.35. The van der Waals surface area contributed by atoms with Gasteiger partial charge in [0.15, 0.2) is 0 Å². The average Bonchev–Trinajstić information content (AvgIpc) is 3.63. The number of hydrogen-bond acceptors (Lipinski definition) is 5. The van der Waals surface area contributed by atoms with Crippen molar-refractivity contribution in [1.29, 1.82) is 0 Å². The number of halogens is 5. The first-order valence-electron chi connectivity index (χ1n) is 15.8. The van der Waals surface area contributed by atoms with Gasteiger partial charge in [0, 0.05) is 50.1 Å². The number of ketones is 1. The molecule has 5 aromatic rings. The SMILES string of the molecule is COC1CCC(NC/C=C/C(=O)Nc2c(F)cc(C(=O)c3ccc4c(-c5cc6nc(C)n(C)c6cc5C(F)(F)F)cccn34)cc2F)CC1. The van der Waals surface area contributed by atoms with Crippen LogP contribution in [0.1, 0.15) is 53.1 Å². The Morgan fingerprint density at radius 3 is 2.39 bits per heavy atom. The molecule has 3 heterocycles. The Labute approximate surface area is 278 Å². The molecule has 0 aliphatic heterocycles. The molecular formula is C36H34F5N5O3. The minimum atomic E-state index is -4.69. The van der Waals surface area contributed by atoms with Crippen molar-refractivity contribution in [2.75, 3.05) is 19.0 Å². The zero-order valence-electron chi connectivity index (χ0n) is 27.0. The van der Waals surface area contributed by atoms with E-state index in [9.17, 15) is 22.8 Å². The Bertz CT molecular complexity index is 2070. The first-order chi connectivity index (χ1) is 23.3. The van der Waals surface area contributed by atoms with E-state index in [1.807, 2.05) is 0 Å². The predicted octanol–water partition coefficient (Wildman–Crippen LogP) is 7.37. The number of amides is 1. The lowest BCUT2D eigenvalue weighted by atomic mass is 9.93. The molecule has 256 valence electrons. The number of carbonyl (C=O) groups is 2. The largest absolute Gasteiger partial charge is 0.417 e. The third-order valence-electron chi connectivity index (χ3n) is 9.12. The zero-order valence-corrected chi connectivity index (χ0v) is 27.0. The first kappa shape index (κ1) is 34.0. The Morgan fingerprint density at radius 1 is 1.00 bits per heavy atom. The standard InChI is InChI=1S/C36H34F5N5O3/c1-20-43-29-18-25(26(36(39,40)41)19-32(29)45(20)2)24-6-5-15-46-30(24)12-13-31(46)35(48)21-16-27(37)34(28(38)17-21)44-33(47)7-4-14-42-22-8-10-23(49-3)11-9-22/h4-7,12-13,15-19,22-23,42H,8-11,14H2,1-3H3,(H,44,47)/b7-4+. The highest BCUT2D eigenvalue weighted by Crippen LogP contribution is 2.41. The number of nitrogens with zero attached hydrogens (tertiary/aromatic N) is 3. The van der Waals surface area contributed by atoms with Gasteiger partial charge in [-0.05, 0) is 80.6 Å². The molecule has 1 aliphatic carbocycles. The maximum atomic E-state index is 15.1. The summed E-state index contributed by atoms with van der Waals surface area (Å²) in [6.07, 6.45) is 3.57. The van der Waals surface area contributed by atoms with Crippen LogP contribution < -0.4 is 10.6 Å². The number of benzene rings is 2. The van der Waals surface area contributed by atoms with Crippen molar-refractivity contribution in [3.8, 4) is 11.1 Å². The van der Waals surface area contributed by atoms with Gasteiger partial charge in [-0.25, -0.2) is 13.8 Å². The van der Waals surface area contributed by atoms with E-state index in [2.05, 4.69) is 15.6 Å². The summed E-state index contributed by atoms with van der Waals surface area (Å²) in [5.41, 5.74) is -0.921. The fourth-order valence-corrected chi connectivity index (χ4v) is 6.41. The van der Waals surface area contributed by atoms with Gasteiger partial charge < -0.3 is 24.3 Å². The number of rotatable bonds is 9. The van der Waals surface area contributed by atoms with Crippen LogP contribution in [0.2, 0.25) is 0 Å². The number of alkyl halides is 3. The molecule has 2 N–H and O–H groups in total. The number of methoxy groups -OCH3 is 1. The number of pyridine rings is 1. The third-order valence-corrected chi connectivity index (χ3v) is 9.12. The zero-order chi connectivity index (χ0) is 35.0. The lowest BCUT2D eigenvalue weighted by Gasteiger charge is -2.27. The van der Waals surface area contributed by atoms with Crippen LogP contribution in [0, 0.1) is 18.6 Å². The van der Waals surface area contributed by atoms with Crippen LogP contribution in [0.15, 0.2) is 66.9 Å². The number of fused-ring (bicyclic) bond motifs is 2. The quantitative estimate of drug-likeness (QED) is 0.0965. The fraction of sp³-hybridized carbons (Fsp3) is 0.306. The number of hydrogen-bond donors (Lipinski definition) is 2. The maximum Gasteiger partial charge on any atom is 0.417 e. The van der Waals surface area contributed by atoms with Crippen LogP contribution in [0.4, 0.5) is 27.6 Å². The highest BCUT2D eigenvalue weighted by Gasteiger charge is 2.35. The van der Waals surface area contributed by atoms with E-state index in [-0.39, 0.29) is 34.0 Å². The van der Waals surface area contributed by atoms with Gasteiger partial charge in [-0.3, -0.25) is 9.59 Å². The van der Waals surface area contributed by atoms with Gasteiger partial charge in [0.05, 0.1) is 33.9 Å². The summed E-state index contributed by atoms with van der Waals surface area (Å²) >= 11 is 0. The highest BCUT2D eigenvalue weighted by molar-refractivity contribution is 6.09. The van der Waals surface area contributed by atoms with Gasteiger partial charge in [-0.1, -0.05) is 12.1 Å². The van der Waals surface area contributed by atoms with Crippen LogP contribution in [0.3, 0.4) is 0 Å². The van der Waals surface area contributed by atoms with E-state index < -0.39 is 40.8 Å². The molecule has 13 heteroatoms. The van der Waals surface area contributed by atoms with Crippen LogP contribution in [-0.4, -0.2) is 51.4 Å². The molecule has 0 saturated heterocycles. The monoisotopic (exact) mass is 679 g/mol.